The van der Waals surface area contributed by atoms with Crippen molar-refractivity contribution in [1.82, 2.24) is 0 Å². The predicted molar refractivity (Wildman–Crippen MR) is 55.7 cm³/mol. The van der Waals surface area contributed by atoms with E-state index >= 15 is 0 Å². The minimum absolute atomic E-state index is 0.0960. The highest BCUT2D eigenvalue weighted by atomic mass is 16.3. The molecule has 1 unspecified atom stereocenters. The fourth-order valence-corrected chi connectivity index (χ4v) is 1.07. The molecule has 0 aliphatic heterocycles. The maximum Gasteiger partial charge on any atom is 0.0761 e. The number of hydrogen-bond donors (Lipinski definition) is 2. The first-order chi connectivity index (χ1) is 6.74. The third-order valence-electron chi connectivity index (χ3n) is 1.86. The van der Waals surface area contributed by atoms with Gasteiger partial charge in [-0.3, -0.25) is 0 Å². The van der Waals surface area contributed by atoms with Crippen molar-refractivity contribution in [3.63, 3.8) is 0 Å². The zero-order valence-electron chi connectivity index (χ0n) is 8.20. The van der Waals surface area contributed by atoms with Crippen LogP contribution in [0.15, 0.2) is 24.3 Å². The van der Waals surface area contributed by atoms with Crippen molar-refractivity contribution < 1.29 is 10.2 Å². The van der Waals surface area contributed by atoms with E-state index in [9.17, 15) is 5.11 Å². The first-order valence-corrected chi connectivity index (χ1v) is 4.62. The maximum absolute atomic E-state index is 9.26. The fraction of sp³-hybridized carbons (Fsp3) is 0.333. The number of hydrogen-bond acceptors (Lipinski definition) is 2. The molecule has 0 amide bonds. The number of aliphatic hydroxyl groups excluding tert-OH is 2. The van der Waals surface area contributed by atoms with Gasteiger partial charge in [0.1, 0.15) is 0 Å². The van der Waals surface area contributed by atoms with E-state index in [1.54, 1.807) is 6.92 Å². The first-order valence-electron chi connectivity index (χ1n) is 4.62. The molecule has 0 aliphatic carbocycles. The Labute approximate surface area is 84.2 Å². The van der Waals surface area contributed by atoms with Crippen molar-refractivity contribution in [1.29, 1.82) is 0 Å². The van der Waals surface area contributed by atoms with Crippen LogP contribution in [0.4, 0.5) is 0 Å². The molecule has 2 heteroatoms. The summed E-state index contributed by atoms with van der Waals surface area (Å²) in [4.78, 5) is 0. The fourth-order valence-electron chi connectivity index (χ4n) is 1.07. The molecular weight excluding hydrogens is 176 g/mol. The van der Waals surface area contributed by atoms with Gasteiger partial charge in [-0.1, -0.05) is 24.0 Å². The van der Waals surface area contributed by atoms with Crippen LogP contribution >= 0.6 is 0 Å². The average Bonchev–Trinajstić information content (AvgIpc) is 2.19. The Morgan fingerprint density at radius 3 is 2.43 bits per heavy atom. The van der Waals surface area contributed by atoms with Crippen LogP contribution in [0.2, 0.25) is 0 Å². The summed E-state index contributed by atoms with van der Waals surface area (Å²) in [6, 6.07) is 7.44. The van der Waals surface area contributed by atoms with Gasteiger partial charge in [0.15, 0.2) is 0 Å². The molecule has 0 aliphatic rings. The second-order valence-corrected chi connectivity index (χ2v) is 3.07. The summed E-state index contributed by atoms with van der Waals surface area (Å²) in [6.45, 7) is 1.82. The molecule has 0 fully saturated rings. The molecule has 0 saturated heterocycles. The Bertz CT molecular complexity index is 328. The average molecular weight is 190 g/mol. The minimum atomic E-state index is -0.436. The van der Waals surface area contributed by atoms with Crippen molar-refractivity contribution in [2.24, 2.45) is 0 Å². The number of rotatable bonds is 2. The van der Waals surface area contributed by atoms with Gasteiger partial charge in [0.25, 0.3) is 0 Å². The van der Waals surface area contributed by atoms with Crippen molar-refractivity contribution >= 4 is 0 Å². The minimum Gasteiger partial charge on any atom is -0.395 e. The van der Waals surface area contributed by atoms with E-state index in [1.165, 1.54) is 0 Å². The Kier molecular flexibility index (Phi) is 4.18. The SMILES string of the molecule is CC(O)c1ccc(C#CCCO)cc1. The normalized spacial score (nSPS) is 11.6. The lowest BCUT2D eigenvalue weighted by atomic mass is 10.1. The van der Waals surface area contributed by atoms with Gasteiger partial charge < -0.3 is 10.2 Å². The molecule has 1 atom stereocenters. The van der Waals surface area contributed by atoms with Crippen molar-refractivity contribution in [2.45, 2.75) is 19.4 Å². The summed E-state index contributed by atoms with van der Waals surface area (Å²) in [5.41, 5.74) is 1.79. The molecule has 2 N–H and O–H groups in total. The molecule has 0 radical (unpaired) electrons. The highest BCUT2D eigenvalue weighted by Crippen LogP contribution is 2.11. The highest BCUT2D eigenvalue weighted by molar-refractivity contribution is 5.36. The van der Waals surface area contributed by atoms with Gasteiger partial charge in [-0.05, 0) is 24.6 Å². The van der Waals surface area contributed by atoms with Crippen molar-refractivity contribution in [3.05, 3.63) is 35.4 Å². The molecule has 14 heavy (non-hydrogen) atoms. The molecule has 0 saturated carbocycles. The van der Waals surface area contributed by atoms with E-state index in [0.717, 1.165) is 11.1 Å². The van der Waals surface area contributed by atoms with E-state index in [4.69, 9.17) is 5.11 Å². The largest absolute Gasteiger partial charge is 0.395 e. The van der Waals surface area contributed by atoms with E-state index in [-0.39, 0.29) is 6.61 Å². The van der Waals surface area contributed by atoms with E-state index in [0.29, 0.717) is 6.42 Å². The van der Waals surface area contributed by atoms with Gasteiger partial charge >= 0.3 is 0 Å². The third kappa shape index (κ3) is 3.21. The van der Waals surface area contributed by atoms with Crippen LogP contribution in [0.25, 0.3) is 0 Å². The molecule has 2 nitrogen and oxygen atoms in total. The lowest BCUT2D eigenvalue weighted by Crippen LogP contribution is -1.89. The Morgan fingerprint density at radius 1 is 1.29 bits per heavy atom. The zero-order chi connectivity index (χ0) is 10.4. The zero-order valence-corrected chi connectivity index (χ0v) is 8.20. The highest BCUT2D eigenvalue weighted by Gasteiger charge is 1.98. The summed E-state index contributed by atoms with van der Waals surface area (Å²) in [6.07, 6.45) is 0.0625. The summed E-state index contributed by atoms with van der Waals surface area (Å²) >= 11 is 0. The molecular formula is C12H14O2. The van der Waals surface area contributed by atoms with Crippen LogP contribution in [0.1, 0.15) is 30.6 Å². The molecule has 0 bridgehead atoms. The molecule has 1 rings (SSSR count). The molecule has 1 aromatic carbocycles. The summed E-state index contributed by atoms with van der Waals surface area (Å²) in [5.74, 6) is 5.76. The van der Waals surface area contributed by atoms with Crippen LogP contribution in [0.3, 0.4) is 0 Å². The van der Waals surface area contributed by atoms with Gasteiger partial charge in [0, 0.05) is 12.0 Å². The Balaban J connectivity index is 2.70. The van der Waals surface area contributed by atoms with Crippen LogP contribution in [0, 0.1) is 11.8 Å². The Hall–Kier alpha value is -1.30. The molecule has 0 heterocycles. The van der Waals surface area contributed by atoms with E-state index in [2.05, 4.69) is 11.8 Å². The van der Waals surface area contributed by atoms with Crippen LogP contribution < -0.4 is 0 Å². The summed E-state index contributed by atoms with van der Waals surface area (Å²) < 4.78 is 0. The second-order valence-electron chi connectivity index (χ2n) is 3.07. The van der Waals surface area contributed by atoms with Gasteiger partial charge in [-0.15, -0.1) is 0 Å². The Morgan fingerprint density at radius 2 is 1.93 bits per heavy atom. The van der Waals surface area contributed by atoms with Crippen molar-refractivity contribution in [3.8, 4) is 11.8 Å². The van der Waals surface area contributed by atoms with Crippen LogP contribution in [-0.2, 0) is 0 Å². The first kappa shape index (κ1) is 10.8. The van der Waals surface area contributed by atoms with Gasteiger partial charge in [0.2, 0.25) is 0 Å². The van der Waals surface area contributed by atoms with E-state index in [1.807, 2.05) is 24.3 Å². The number of aliphatic hydroxyl groups is 2. The number of benzene rings is 1. The maximum atomic E-state index is 9.26. The summed E-state index contributed by atoms with van der Waals surface area (Å²) in [5, 5.41) is 17.8. The molecule has 0 spiro atoms. The lowest BCUT2D eigenvalue weighted by Gasteiger charge is -2.02. The monoisotopic (exact) mass is 190 g/mol. The smallest absolute Gasteiger partial charge is 0.0761 e. The third-order valence-corrected chi connectivity index (χ3v) is 1.86. The van der Waals surface area contributed by atoms with Crippen LogP contribution in [0.5, 0.6) is 0 Å². The molecule has 74 valence electrons. The quantitative estimate of drug-likeness (QED) is 0.693. The van der Waals surface area contributed by atoms with E-state index < -0.39 is 6.10 Å². The lowest BCUT2D eigenvalue weighted by molar-refractivity contribution is 0.199. The topological polar surface area (TPSA) is 40.5 Å². The van der Waals surface area contributed by atoms with Gasteiger partial charge in [0.05, 0.1) is 12.7 Å². The predicted octanol–water partition coefficient (Wildman–Crippen LogP) is 1.47. The van der Waals surface area contributed by atoms with Gasteiger partial charge in [-0.2, -0.15) is 0 Å². The standard InChI is InChI=1S/C12H14O2/c1-10(14)12-7-5-11(6-8-12)4-2-3-9-13/h5-8,10,13-14H,3,9H2,1H3. The molecule has 0 aromatic heterocycles. The van der Waals surface area contributed by atoms with Crippen LogP contribution in [-0.4, -0.2) is 16.8 Å². The van der Waals surface area contributed by atoms with Crippen molar-refractivity contribution in [2.75, 3.05) is 6.61 Å². The second kappa shape index (κ2) is 5.43. The molecule has 1 aromatic rings. The summed E-state index contributed by atoms with van der Waals surface area (Å²) in [7, 11) is 0. The van der Waals surface area contributed by atoms with Gasteiger partial charge in [-0.25, -0.2) is 0 Å².